The molecule has 1 aliphatic carbocycles. The van der Waals surface area contributed by atoms with E-state index in [1.807, 2.05) is 13.8 Å². The summed E-state index contributed by atoms with van der Waals surface area (Å²) in [5.74, 6) is -0.840. The SMILES string of the molecule is CC(C)O[C@H]1C[C@H](C(=O)O)C1. The minimum Gasteiger partial charge on any atom is -0.481 e. The van der Waals surface area contributed by atoms with Gasteiger partial charge in [-0.05, 0) is 26.7 Å². The normalized spacial score (nSPS) is 30.1. The van der Waals surface area contributed by atoms with E-state index < -0.39 is 5.97 Å². The molecule has 3 nitrogen and oxygen atoms in total. The molecule has 0 spiro atoms. The van der Waals surface area contributed by atoms with E-state index in [9.17, 15) is 4.79 Å². The Kier molecular flexibility index (Phi) is 2.49. The zero-order chi connectivity index (χ0) is 8.43. The number of rotatable bonds is 3. The van der Waals surface area contributed by atoms with Gasteiger partial charge >= 0.3 is 5.97 Å². The predicted molar refractivity (Wildman–Crippen MR) is 40.4 cm³/mol. The quantitative estimate of drug-likeness (QED) is 0.672. The molecule has 1 rings (SSSR count). The van der Waals surface area contributed by atoms with E-state index in [0.29, 0.717) is 12.8 Å². The van der Waals surface area contributed by atoms with Crippen LogP contribution in [0, 0.1) is 5.92 Å². The van der Waals surface area contributed by atoms with Crippen LogP contribution < -0.4 is 0 Å². The standard InChI is InChI=1S/C8H14O3/c1-5(2)11-7-3-6(4-7)8(9)10/h5-7H,3-4H2,1-2H3,(H,9,10)/t6-,7-. The minimum absolute atomic E-state index is 0.154. The van der Waals surface area contributed by atoms with Crippen molar-refractivity contribution in [3.05, 3.63) is 0 Å². The first-order valence-corrected chi connectivity index (χ1v) is 3.98. The lowest BCUT2D eigenvalue weighted by molar-refractivity contribution is -0.153. The van der Waals surface area contributed by atoms with Crippen LogP contribution in [-0.4, -0.2) is 23.3 Å². The van der Waals surface area contributed by atoms with E-state index in [2.05, 4.69) is 0 Å². The predicted octanol–water partition coefficient (Wildman–Crippen LogP) is 1.27. The molecule has 1 fully saturated rings. The van der Waals surface area contributed by atoms with E-state index in [-0.39, 0.29) is 18.1 Å². The van der Waals surface area contributed by atoms with Crippen molar-refractivity contribution in [2.75, 3.05) is 0 Å². The van der Waals surface area contributed by atoms with Gasteiger partial charge in [0.2, 0.25) is 0 Å². The third kappa shape index (κ3) is 2.19. The number of aliphatic carboxylic acids is 1. The summed E-state index contributed by atoms with van der Waals surface area (Å²) in [4.78, 5) is 10.4. The molecule has 64 valence electrons. The van der Waals surface area contributed by atoms with Gasteiger partial charge < -0.3 is 9.84 Å². The smallest absolute Gasteiger partial charge is 0.306 e. The molecule has 1 saturated carbocycles. The van der Waals surface area contributed by atoms with Crippen molar-refractivity contribution in [3.63, 3.8) is 0 Å². The van der Waals surface area contributed by atoms with Crippen molar-refractivity contribution >= 4 is 5.97 Å². The van der Waals surface area contributed by atoms with Crippen molar-refractivity contribution in [1.29, 1.82) is 0 Å². The highest BCUT2D eigenvalue weighted by Gasteiger charge is 2.35. The van der Waals surface area contributed by atoms with Gasteiger partial charge in [0.25, 0.3) is 0 Å². The second-order valence-corrected chi connectivity index (χ2v) is 3.31. The maximum absolute atomic E-state index is 10.4. The lowest BCUT2D eigenvalue weighted by Crippen LogP contribution is -2.37. The zero-order valence-electron chi connectivity index (χ0n) is 6.91. The van der Waals surface area contributed by atoms with Crippen LogP contribution in [0.3, 0.4) is 0 Å². The molecule has 1 aliphatic rings. The molecule has 0 radical (unpaired) electrons. The van der Waals surface area contributed by atoms with Crippen molar-refractivity contribution in [3.8, 4) is 0 Å². The highest BCUT2D eigenvalue weighted by atomic mass is 16.5. The van der Waals surface area contributed by atoms with Crippen LogP contribution in [0.15, 0.2) is 0 Å². The van der Waals surface area contributed by atoms with Gasteiger partial charge in [0.1, 0.15) is 0 Å². The maximum Gasteiger partial charge on any atom is 0.306 e. The van der Waals surface area contributed by atoms with Crippen LogP contribution >= 0.6 is 0 Å². The minimum atomic E-state index is -0.686. The van der Waals surface area contributed by atoms with E-state index in [1.54, 1.807) is 0 Å². The Morgan fingerprint density at radius 3 is 2.45 bits per heavy atom. The second kappa shape index (κ2) is 3.22. The first-order valence-electron chi connectivity index (χ1n) is 3.98. The molecule has 0 bridgehead atoms. The molecule has 3 heteroatoms. The van der Waals surface area contributed by atoms with Gasteiger partial charge in [-0.1, -0.05) is 0 Å². The summed E-state index contributed by atoms with van der Waals surface area (Å²) in [5.41, 5.74) is 0. The number of hydrogen-bond acceptors (Lipinski definition) is 2. The number of carboxylic acid groups (broad SMARTS) is 1. The van der Waals surface area contributed by atoms with Crippen LogP contribution in [0.4, 0.5) is 0 Å². The molecule has 0 amide bonds. The maximum atomic E-state index is 10.4. The van der Waals surface area contributed by atoms with Gasteiger partial charge in [-0.25, -0.2) is 0 Å². The fourth-order valence-corrected chi connectivity index (χ4v) is 1.26. The van der Waals surface area contributed by atoms with Gasteiger partial charge in [0.05, 0.1) is 18.1 Å². The molecule has 0 heterocycles. The Bertz CT molecular complexity index is 147. The van der Waals surface area contributed by atoms with Crippen molar-refractivity contribution in [2.45, 2.75) is 38.9 Å². The summed E-state index contributed by atoms with van der Waals surface area (Å²) < 4.78 is 5.40. The molecular weight excluding hydrogens is 144 g/mol. The lowest BCUT2D eigenvalue weighted by Gasteiger charge is -2.33. The number of carboxylic acids is 1. The molecule has 0 aromatic rings. The highest BCUT2D eigenvalue weighted by Crippen LogP contribution is 2.30. The highest BCUT2D eigenvalue weighted by molar-refractivity contribution is 5.71. The molecular formula is C8H14O3. The molecule has 0 aromatic heterocycles. The van der Waals surface area contributed by atoms with Crippen molar-refractivity contribution < 1.29 is 14.6 Å². The Balaban J connectivity index is 2.14. The first-order chi connectivity index (χ1) is 5.09. The van der Waals surface area contributed by atoms with Crippen molar-refractivity contribution in [1.82, 2.24) is 0 Å². The summed E-state index contributed by atoms with van der Waals surface area (Å²) in [5, 5.41) is 8.53. The number of hydrogen-bond donors (Lipinski definition) is 1. The van der Waals surface area contributed by atoms with Gasteiger partial charge in [0.15, 0.2) is 0 Å². The Hall–Kier alpha value is -0.570. The fraction of sp³-hybridized carbons (Fsp3) is 0.875. The molecule has 1 N–H and O–H groups in total. The number of carbonyl (C=O) groups is 1. The largest absolute Gasteiger partial charge is 0.481 e. The Morgan fingerprint density at radius 2 is 2.09 bits per heavy atom. The molecule has 0 aliphatic heterocycles. The van der Waals surface area contributed by atoms with Crippen LogP contribution in [0.25, 0.3) is 0 Å². The van der Waals surface area contributed by atoms with Crippen LogP contribution in [0.5, 0.6) is 0 Å². The number of ether oxygens (including phenoxy) is 1. The van der Waals surface area contributed by atoms with E-state index in [0.717, 1.165) is 0 Å². The lowest BCUT2D eigenvalue weighted by atomic mass is 9.82. The average Bonchev–Trinajstić information content (AvgIpc) is 1.75. The summed E-state index contributed by atoms with van der Waals surface area (Å²) in [6.45, 7) is 3.93. The van der Waals surface area contributed by atoms with E-state index in [4.69, 9.17) is 9.84 Å². The fourth-order valence-electron chi connectivity index (χ4n) is 1.26. The summed E-state index contributed by atoms with van der Waals surface area (Å²) in [6, 6.07) is 0. The third-order valence-electron chi connectivity index (χ3n) is 1.91. The third-order valence-corrected chi connectivity index (χ3v) is 1.91. The molecule has 0 aromatic carbocycles. The summed E-state index contributed by atoms with van der Waals surface area (Å²) in [7, 11) is 0. The van der Waals surface area contributed by atoms with Crippen LogP contribution in [-0.2, 0) is 9.53 Å². The molecule has 0 atom stereocenters. The summed E-state index contributed by atoms with van der Waals surface area (Å²) >= 11 is 0. The van der Waals surface area contributed by atoms with Gasteiger partial charge in [-0.2, -0.15) is 0 Å². The Labute approximate surface area is 66.4 Å². The monoisotopic (exact) mass is 158 g/mol. The van der Waals surface area contributed by atoms with Gasteiger partial charge in [-0.15, -0.1) is 0 Å². The van der Waals surface area contributed by atoms with E-state index >= 15 is 0 Å². The summed E-state index contributed by atoms with van der Waals surface area (Å²) in [6.07, 6.45) is 1.78. The molecule has 0 saturated heterocycles. The molecule has 0 unspecified atom stereocenters. The topological polar surface area (TPSA) is 46.5 Å². The van der Waals surface area contributed by atoms with Crippen LogP contribution in [0.2, 0.25) is 0 Å². The Morgan fingerprint density at radius 1 is 1.55 bits per heavy atom. The van der Waals surface area contributed by atoms with Crippen LogP contribution in [0.1, 0.15) is 26.7 Å². The van der Waals surface area contributed by atoms with Gasteiger partial charge in [-0.3, -0.25) is 4.79 Å². The van der Waals surface area contributed by atoms with E-state index in [1.165, 1.54) is 0 Å². The second-order valence-electron chi connectivity index (χ2n) is 3.31. The van der Waals surface area contributed by atoms with Crippen molar-refractivity contribution in [2.24, 2.45) is 5.92 Å². The zero-order valence-corrected chi connectivity index (χ0v) is 6.91. The van der Waals surface area contributed by atoms with Gasteiger partial charge in [0, 0.05) is 0 Å². The molecule has 11 heavy (non-hydrogen) atoms. The first kappa shape index (κ1) is 8.53. The average molecular weight is 158 g/mol.